The highest BCUT2D eigenvalue weighted by Gasteiger charge is 2.10. The Kier molecular flexibility index (Phi) is 6.56. The Bertz CT molecular complexity index is 457. The normalized spacial score (nSPS) is 10.1. The largest absolute Gasteiger partial charge is 0.469 e. The fourth-order valence-corrected chi connectivity index (χ4v) is 1.99. The fourth-order valence-electron chi connectivity index (χ4n) is 1.66. The van der Waals surface area contributed by atoms with Gasteiger partial charge >= 0.3 is 11.9 Å². The number of ether oxygens (including phenoxy) is 2. The van der Waals surface area contributed by atoms with Crippen LogP contribution in [0.5, 0.6) is 0 Å². The Morgan fingerprint density at radius 1 is 1.21 bits per heavy atom. The van der Waals surface area contributed by atoms with Gasteiger partial charge in [-0.2, -0.15) is 0 Å². The van der Waals surface area contributed by atoms with E-state index in [1.165, 1.54) is 7.11 Å². The van der Waals surface area contributed by atoms with E-state index in [0.29, 0.717) is 30.3 Å². The van der Waals surface area contributed by atoms with Gasteiger partial charge in [0.05, 0.1) is 19.3 Å². The molecule has 104 valence electrons. The topological polar surface area (TPSA) is 52.6 Å². The van der Waals surface area contributed by atoms with Crippen molar-refractivity contribution in [2.75, 3.05) is 13.7 Å². The maximum Gasteiger partial charge on any atom is 0.338 e. The summed E-state index contributed by atoms with van der Waals surface area (Å²) in [4.78, 5) is 22.9. The predicted octanol–water partition coefficient (Wildman–Crippen LogP) is 2.86. The highest BCUT2D eigenvalue weighted by atomic mass is 79.9. The van der Waals surface area contributed by atoms with E-state index in [1.54, 1.807) is 19.1 Å². The van der Waals surface area contributed by atoms with Crippen LogP contribution in [-0.2, 0) is 26.0 Å². The van der Waals surface area contributed by atoms with Crippen molar-refractivity contribution in [1.82, 2.24) is 0 Å². The molecule has 0 aliphatic heterocycles. The second-order valence-electron chi connectivity index (χ2n) is 3.97. The van der Waals surface area contributed by atoms with Crippen molar-refractivity contribution in [3.63, 3.8) is 0 Å². The smallest absolute Gasteiger partial charge is 0.338 e. The third-order valence-electron chi connectivity index (χ3n) is 2.56. The van der Waals surface area contributed by atoms with Gasteiger partial charge < -0.3 is 9.47 Å². The Labute approximate surface area is 121 Å². The lowest BCUT2D eigenvalue weighted by Crippen LogP contribution is -2.07. The van der Waals surface area contributed by atoms with Crippen molar-refractivity contribution in [3.05, 3.63) is 34.9 Å². The first kappa shape index (κ1) is 15.7. The van der Waals surface area contributed by atoms with Gasteiger partial charge in [-0.25, -0.2) is 4.79 Å². The predicted molar refractivity (Wildman–Crippen MR) is 75.4 cm³/mol. The molecule has 0 saturated heterocycles. The molecule has 0 aliphatic carbocycles. The Balaban J connectivity index is 2.88. The fraction of sp³-hybridized carbons (Fsp3) is 0.429. The number of aryl methyl sites for hydroxylation is 1. The number of esters is 2. The number of alkyl halides is 1. The van der Waals surface area contributed by atoms with E-state index in [9.17, 15) is 9.59 Å². The van der Waals surface area contributed by atoms with E-state index in [-0.39, 0.29) is 11.9 Å². The summed E-state index contributed by atoms with van der Waals surface area (Å²) in [6, 6.07) is 5.50. The molecule has 0 spiro atoms. The first-order chi connectivity index (χ1) is 9.10. The van der Waals surface area contributed by atoms with Crippen LogP contribution < -0.4 is 0 Å². The number of rotatable bonds is 6. The Hall–Kier alpha value is -1.36. The SMILES string of the molecule is CCOC(=O)c1cc(CBr)cc(CCC(=O)OC)c1. The molecule has 0 heterocycles. The van der Waals surface area contributed by atoms with Gasteiger partial charge in [-0.15, -0.1) is 0 Å². The zero-order valence-corrected chi connectivity index (χ0v) is 12.7. The molecular formula is C14H17BrO4. The minimum absolute atomic E-state index is 0.262. The van der Waals surface area contributed by atoms with Gasteiger partial charge in [0, 0.05) is 11.8 Å². The van der Waals surface area contributed by atoms with Gasteiger partial charge in [-0.3, -0.25) is 4.79 Å². The third kappa shape index (κ3) is 5.03. The number of benzene rings is 1. The lowest BCUT2D eigenvalue weighted by Gasteiger charge is -2.08. The van der Waals surface area contributed by atoms with Gasteiger partial charge in [-0.1, -0.05) is 22.0 Å². The molecule has 1 rings (SSSR count). The summed E-state index contributed by atoms with van der Waals surface area (Å²) in [6.07, 6.45) is 0.838. The molecular weight excluding hydrogens is 312 g/mol. The number of halogens is 1. The van der Waals surface area contributed by atoms with E-state index >= 15 is 0 Å². The maximum atomic E-state index is 11.7. The van der Waals surface area contributed by atoms with Crippen LogP contribution in [-0.4, -0.2) is 25.7 Å². The molecule has 0 aliphatic rings. The molecule has 0 fully saturated rings. The number of hydrogen-bond acceptors (Lipinski definition) is 4. The van der Waals surface area contributed by atoms with Crippen molar-refractivity contribution in [1.29, 1.82) is 0 Å². The summed E-state index contributed by atoms with van der Waals surface area (Å²) in [5.41, 5.74) is 2.41. The highest BCUT2D eigenvalue weighted by molar-refractivity contribution is 9.08. The summed E-state index contributed by atoms with van der Waals surface area (Å²) in [5.74, 6) is -0.605. The van der Waals surface area contributed by atoms with Crippen LogP contribution >= 0.6 is 15.9 Å². The first-order valence-electron chi connectivity index (χ1n) is 6.03. The van der Waals surface area contributed by atoms with Crippen LogP contribution in [0.3, 0.4) is 0 Å². The van der Waals surface area contributed by atoms with E-state index in [1.807, 2.05) is 6.07 Å². The first-order valence-corrected chi connectivity index (χ1v) is 7.15. The second-order valence-corrected chi connectivity index (χ2v) is 4.53. The average molecular weight is 329 g/mol. The van der Waals surface area contributed by atoms with Crippen molar-refractivity contribution in [2.45, 2.75) is 25.1 Å². The van der Waals surface area contributed by atoms with Crippen LogP contribution in [0.25, 0.3) is 0 Å². The van der Waals surface area contributed by atoms with Crippen LogP contribution in [0.2, 0.25) is 0 Å². The number of hydrogen-bond donors (Lipinski definition) is 0. The molecule has 0 unspecified atom stereocenters. The van der Waals surface area contributed by atoms with Crippen LogP contribution in [0, 0.1) is 0 Å². The molecule has 0 aromatic heterocycles. The standard InChI is InChI=1S/C14H17BrO4/c1-3-19-14(17)12-7-10(4-5-13(16)18-2)6-11(8-12)9-15/h6-8H,3-5,9H2,1-2H3. The van der Waals surface area contributed by atoms with Gasteiger partial charge in [0.15, 0.2) is 0 Å². The summed E-state index contributed by atoms with van der Waals surface area (Å²) in [5, 5.41) is 0.644. The van der Waals surface area contributed by atoms with Crippen LogP contribution in [0.15, 0.2) is 18.2 Å². The summed E-state index contributed by atoms with van der Waals surface area (Å²) in [7, 11) is 1.36. The van der Waals surface area contributed by atoms with Crippen molar-refractivity contribution in [2.24, 2.45) is 0 Å². The maximum absolute atomic E-state index is 11.7. The lowest BCUT2D eigenvalue weighted by molar-refractivity contribution is -0.140. The van der Waals surface area contributed by atoms with Crippen LogP contribution in [0.1, 0.15) is 34.8 Å². The minimum Gasteiger partial charge on any atom is -0.469 e. The molecule has 1 aromatic rings. The third-order valence-corrected chi connectivity index (χ3v) is 3.21. The van der Waals surface area contributed by atoms with Gasteiger partial charge in [0.1, 0.15) is 0 Å². The van der Waals surface area contributed by atoms with Crippen molar-refractivity contribution < 1.29 is 19.1 Å². The summed E-state index contributed by atoms with van der Waals surface area (Å²) >= 11 is 3.36. The molecule has 0 N–H and O–H groups in total. The monoisotopic (exact) mass is 328 g/mol. The average Bonchev–Trinajstić information content (AvgIpc) is 2.44. The van der Waals surface area contributed by atoms with E-state index in [0.717, 1.165) is 11.1 Å². The van der Waals surface area contributed by atoms with Crippen LogP contribution in [0.4, 0.5) is 0 Å². The lowest BCUT2D eigenvalue weighted by atomic mass is 10.0. The molecule has 1 aromatic carbocycles. The second kappa shape index (κ2) is 7.94. The molecule has 0 radical (unpaired) electrons. The summed E-state index contributed by atoms with van der Waals surface area (Å²) in [6.45, 7) is 2.11. The van der Waals surface area contributed by atoms with Crippen molar-refractivity contribution in [3.8, 4) is 0 Å². The summed E-state index contributed by atoms with van der Waals surface area (Å²) < 4.78 is 9.59. The molecule has 19 heavy (non-hydrogen) atoms. The Morgan fingerprint density at radius 3 is 2.47 bits per heavy atom. The number of carbonyl (C=O) groups excluding carboxylic acids is 2. The molecule has 5 heteroatoms. The number of carbonyl (C=O) groups is 2. The van der Waals surface area contributed by atoms with Gasteiger partial charge in [0.25, 0.3) is 0 Å². The zero-order valence-electron chi connectivity index (χ0n) is 11.1. The quantitative estimate of drug-likeness (QED) is 0.595. The van der Waals surface area contributed by atoms with E-state index in [2.05, 4.69) is 20.7 Å². The highest BCUT2D eigenvalue weighted by Crippen LogP contribution is 2.16. The van der Waals surface area contributed by atoms with Gasteiger partial charge in [-0.05, 0) is 36.6 Å². The van der Waals surface area contributed by atoms with Gasteiger partial charge in [0.2, 0.25) is 0 Å². The molecule has 0 atom stereocenters. The van der Waals surface area contributed by atoms with E-state index < -0.39 is 0 Å². The Morgan fingerprint density at radius 2 is 1.89 bits per heavy atom. The zero-order chi connectivity index (χ0) is 14.3. The molecule has 4 nitrogen and oxygen atoms in total. The van der Waals surface area contributed by atoms with Crippen molar-refractivity contribution >= 4 is 27.9 Å². The molecule has 0 saturated carbocycles. The molecule has 0 amide bonds. The number of methoxy groups -OCH3 is 1. The van der Waals surface area contributed by atoms with E-state index in [4.69, 9.17) is 4.74 Å². The minimum atomic E-state index is -0.343. The molecule has 0 bridgehead atoms.